The minimum absolute atomic E-state index is 0.0456. The summed E-state index contributed by atoms with van der Waals surface area (Å²) < 4.78 is 0. The molecule has 2 aromatic rings. The minimum atomic E-state index is -0.0456. The van der Waals surface area contributed by atoms with Crippen LogP contribution in [0, 0.1) is 0 Å². The van der Waals surface area contributed by atoms with Crippen LogP contribution in [-0.2, 0) is 0 Å². The average molecular weight is 201 g/mol. The molecule has 0 amide bonds. The molecular formula is C11H11N3O. The third-order valence-corrected chi connectivity index (χ3v) is 2.07. The summed E-state index contributed by atoms with van der Waals surface area (Å²) in [5.41, 5.74) is 1.96. The second-order valence-corrected chi connectivity index (χ2v) is 3.20. The van der Waals surface area contributed by atoms with Crippen molar-refractivity contribution >= 4 is 16.8 Å². The molecule has 0 atom stereocenters. The molecule has 2 rings (SSSR count). The number of carbonyl (C=O) groups is 1. The van der Waals surface area contributed by atoms with E-state index in [1.807, 2.05) is 24.3 Å². The Labute approximate surface area is 87.4 Å². The standard InChI is InChI=1S/C11H11N3O/c1-12-7-11(15)10-6-13-8-4-2-3-5-9(8)14-10/h2-6,12H,7H2,1H3. The van der Waals surface area contributed by atoms with Crippen molar-refractivity contribution in [2.45, 2.75) is 0 Å². The van der Waals surface area contributed by atoms with E-state index < -0.39 is 0 Å². The lowest BCUT2D eigenvalue weighted by atomic mass is 10.2. The van der Waals surface area contributed by atoms with E-state index >= 15 is 0 Å². The SMILES string of the molecule is CNCC(=O)c1cnc2ccccc2n1. The predicted octanol–water partition coefficient (Wildman–Crippen LogP) is 1.03. The number of aromatic nitrogens is 2. The number of hydrogen-bond donors (Lipinski definition) is 1. The highest BCUT2D eigenvalue weighted by molar-refractivity contribution is 5.96. The van der Waals surface area contributed by atoms with Gasteiger partial charge in [-0.1, -0.05) is 12.1 Å². The summed E-state index contributed by atoms with van der Waals surface area (Å²) in [7, 11) is 1.73. The van der Waals surface area contributed by atoms with Crippen LogP contribution in [0.2, 0.25) is 0 Å². The van der Waals surface area contributed by atoms with E-state index in [0.29, 0.717) is 5.69 Å². The van der Waals surface area contributed by atoms with Crippen molar-refractivity contribution in [3.63, 3.8) is 0 Å². The smallest absolute Gasteiger partial charge is 0.196 e. The molecule has 1 heterocycles. The van der Waals surface area contributed by atoms with Gasteiger partial charge < -0.3 is 5.32 Å². The zero-order chi connectivity index (χ0) is 10.7. The topological polar surface area (TPSA) is 54.9 Å². The highest BCUT2D eigenvalue weighted by atomic mass is 16.1. The van der Waals surface area contributed by atoms with Crippen LogP contribution >= 0.6 is 0 Å². The van der Waals surface area contributed by atoms with E-state index in [4.69, 9.17) is 0 Å². The summed E-state index contributed by atoms with van der Waals surface area (Å²) in [4.78, 5) is 19.9. The first-order valence-electron chi connectivity index (χ1n) is 4.71. The van der Waals surface area contributed by atoms with Crippen molar-refractivity contribution in [2.75, 3.05) is 13.6 Å². The van der Waals surface area contributed by atoms with Gasteiger partial charge in [0.2, 0.25) is 0 Å². The van der Waals surface area contributed by atoms with Crippen LogP contribution in [0.5, 0.6) is 0 Å². The Morgan fingerprint density at radius 3 is 2.80 bits per heavy atom. The van der Waals surface area contributed by atoms with Crippen LogP contribution in [0.4, 0.5) is 0 Å². The molecule has 0 aliphatic rings. The Hall–Kier alpha value is -1.81. The first-order chi connectivity index (χ1) is 7.31. The van der Waals surface area contributed by atoms with Crippen LogP contribution in [0.25, 0.3) is 11.0 Å². The number of Topliss-reactive ketones (excluding diaryl/α,β-unsaturated/α-hetero) is 1. The van der Waals surface area contributed by atoms with Gasteiger partial charge in [-0.25, -0.2) is 4.98 Å². The fourth-order valence-corrected chi connectivity index (χ4v) is 1.34. The monoisotopic (exact) mass is 201 g/mol. The number of rotatable bonds is 3. The number of hydrogen-bond acceptors (Lipinski definition) is 4. The van der Waals surface area contributed by atoms with Crippen LogP contribution in [0.3, 0.4) is 0 Å². The first kappa shape index (κ1) is 9.73. The van der Waals surface area contributed by atoms with Crippen LogP contribution in [-0.4, -0.2) is 29.3 Å². The summed E-state index contributed by atoms with van der Waals surface area (Å²) in [6.07, 6.45) is 1.52. The fraction of sp³-hybridized carbons (Fsp3) is 0.182. The first-order valence-corrected chi connectivity index (χ1v) is 4.71. The summed E-state index contributed by atoms with van der Waals surface area (Å²) in [6, 6.07) is 7.49. The highest BCUT2D eigenvalue weighted by Gasteiger charge is 2.07. The van der Waals surface area contributed by atoms with E-state index in [2.05, 4.69) is 15.3 Å². The predicted molar refractivity (Wildman–Crippen MR) is 57.8 cm³/mol. The quantitative estimate of drug-likeness (QED) is 0.753. The molecule has 1 aromatic heterocycles. The summed E-state index contributed by atoms with van der Waals surface area (Å²) in [5.74, 6) is -0.0456. The van der Waals surface area contributed by atoms with Crippen molar-refractivity contribution in [1.29, 1.82) is 0 Å². The lowest BCUT2D eigenvalue weighted by molar-refractivity contribution is 0.0989. The molecule has 4 nitrogen and oxygen atoms in total. The van der Waals surface area contributed by atoms with Crippen molar-refractivity contribution < 1.29 is 4.79 Å². The molecular weight excluding hydrogens is 190 g/mol. The van der Waals surface area contributed by atoms with E-state index in [9.17, 15) is 4.79 Å². The minimum Gasteiger partial charge on any atom is -0.313 e. The Bertz CT molecular complexity index is 496. The number of nitrogens with zero attached hydrogens (tertiary/aromatic N) is 2. The molecule has 76 valence electrons. The van der Waals surface area contributed by atoms with Crippen molar-refractivity contribution in [3.8, 4) is 0 Å². The van der Waals surface area contributed by atoms with E-state index in [-0.39, 0.29) is 12.3 Å². The van der Waals surface area contributed by atoms with E-state index in [0.717, 1.165) is 11.0 Å². The van der Waals surface area contributed by atoms with Gasteiger partial charge in [-0.3, -0.25) is 9.78 Å². The molecule has 1 aromatic carbocycles. The van der Waals surface area contributed by atoms with E-state index in [1.54, 1.807) is 7.05 Å². The van der Waals surface area contributed by atoms with Crippen LogP contribution in [0.1, 0.15) is 10.5 Å². The molecule has 4 heteroatoms. The molecule has 0 fully saturated rings. The fourth-order valence-electron chi connectivity index (χ4n) is 1.34. The molecule has 1 N–H and O–H groups in total. The molecule has 0 saturated heterocycles. The van der Waals surface area contributed by atoms with Gasteiger partial charge in [0.05, 0.1) is 23.8 Å². The number of likely N-dealkylation sites (N-methyl/N-ethyl adjacent to an activating group) is 1. The maximum Gasteiger partial charge on any atom is 0.196 e. The number of nitrogens with one attached hydrogen (secondary N) is 1. The van der Waals surface area contributed by atoms with Crippen molar-refractivity contribution in [2.24, 2.45) is 0 Å². The van der Waals surface area contributed by atoms with Crippen LogP contribution < -0.4 is 5.32 Å². The van der Waals surface area contributed by atoms with Gasteiger partial charge in [0.1, 0.15) is 5.69 Å². The highest BCUT2D eigenvalue weighted by Crippen LogP contribution is 2.08. The second kappa shape index (κ2) is 4.14. The molecule has 0 spiro atoms. The molecule has 0 aliphatic carbocycles. The molecule has 0 aliphatic heterocycles. The van der Waals surface area contributed by atoms with Crippen molar-refractivity contribution in [3.05, 3.63) is 36.2 Å². The van der Waals surface area contributed by atoms with E-state index in [1.165, 1.54) is 6.20 Å². The van der Waals surface area contributed by atoms with Gasteiger partial charge in [-0.15, -0.1) is 0 Å². The maximum absolute atomic E-state index is 11.5. The van der Waals surface area contributed by atoms with Gasteiger partial charge in [-0.05, 0) is 19.2 Å². The number of ketones is 1. The molecule has 0 saturated carbocycles. The maximum atomic E-state index is 11.5. The number of benzene rings is 1. The number of para-hydroxylation sites is 2. The summed E-state index contributed by atoms with van der Waals surface area (Å²) in [5, 5.41) is 2.80. The van der Waals surface area contributed by atoms with Gasteiger partial charge in [-0.2, -0.15) is 0 Å². The Morgan fingerprint density at radius 2 is 2.07 bits per heavy atom. The number of fused-ring (bicyclic) bond motifs is 1. The van der Waals surface area contributed by atoms with Crippen LogP contribution in [0.15, 0.2) is 30.5 Å². The second-order valence-electron chi connectivity index (χ2n) is 3.20. The number of carbonyl (C=O) groups excluding carboxylic acids is 1. The van der Waals surface area contributed by atoms with Gasteiger partial charge in [0.25, 0.3) is 0 Å². The normalized spacial score (nSPS) is 10.5. The van der Waals surface area contributed by atoms with Gasteiger partial charge in [0.15, 0.2) is 5.78 Å². The Kier molecular flexibility index (Phi) is 2.69. The lowest BCUT2D eigenvalue weighted by Crippen LogP contribution is -2.19. The largest absolute Gasteiger partial charge is 0.313 e. The zero-order valence-electron chi connectivity index (χ0n) is 8.40. The lowest BCUT2D eigenvalue weighted by Gasteiger charge is -2.00. The Morgan fingerprint density at radius 1 is 1.33 bits per heavy atom. The third kappa shape index (κ3) is 1.99. The Balaban J connectivity index is 2.42. The summed E-state index contributed by atoms with van der Waals surface area (Å²) in [6.45, 7) is 0.285. The van der Waals surface area contributed by atoms with Gasteiger partial charge >= 0.3 is 0 Å². The van der Waals surface area contributed by atoms with Gasteiger partial charge in [0, 0.05) is 0 Å². The molecule has 0 radical (unpaired) electrons. The zero-order valence-corrected chi connectivity index (χ0v) is 8.40. The molecule has 0 unspecified atom stereocenters. The van der Waals surface area contributed by atoms with Crippen molar-refractivity contribution in [1.82, 2.24) is 15.3 Å². The third-order valence-electron chi connectivity index (χ3n) is 2.07. The summed E-state index contributed by atoms with van der Waals surface area (Å²) >= 11 is 0. The average Bonchev–Trinajstić information content (AvgIpc) is 2.29. The molecule has 0 bridgehead atoms. The molecule has 15 heavy (non-hydrogen) atoms.